The third-order valence-corrected chi connectivity index (χ3v) is 7.65. The molecular weight excluding hydrogens is 462 g/mol. The number of carbonyl (C=O) groups is 1. The molecule has 2 heterocycles. The van der Waals surface area contributed by atoms with Gasteiger partial charge in [0.15, 0.2) is 0 Å². The van der Waals surface area contributed by atoms with Crippen molar-refractivity contribution in [1.29, 1.82) is 0 Å². The quantitative estimate of drug-likeness (QED) is 0.427. The fourth-order valence-corrected chi connectivity index (χ4v) is 5.16. The number of hydrogen-bond donors (Lipinski definition) is 1. The highest BCUT2D eigenvalue weighted by atomic mass is 32.2. The van der Waals surface area contributed by atoms with Crippen LogP contribution in [0.15, 0.2) is 81.4 Å². The number of pyridine rings is 2. The number of hydrogen-bond acceptors (Lipinski definition) is 5. The molecule has 0 spiro atoms. The molecule has 7 nitrogen and oxygen atoms in total. The minimum Gasteiger partial charge on any atom is -0.350 e. The number of sulfone groups is 1. The Kier molecular flexibility index (Phi) is 6.84. The van der Waals surface area contributed by atoms with Crippen molar-refractivity contribution in [3.05, 3.63) is 99.5 Å². The predicted molar refractivity (Wildman–Crippen MR) is 135 cm³/mol. The van der Waals surface area contributed by atoms with Crippen LogP contribution in [0.25, 0.3) is 11.0 Å². The maximum Gasteiger partial charge on any atom is 0.240 e. The van der Waals surface area contributed by atoms with Gasteiger partial charge in [-0.05, 0) is 55.7 Å². The Balaban J connectivity index is 1.72. The summed E-state index contributed by atoms with van der Waals surface area (Å²) in [6.45, 7) is 5.88. The maximum atomic E-state index is 13.4. The second-order valence-electron chi connectivity index (χ2n) is 8.54. The number of nitrogens with zero attached hydrogens (tertiary/aromatic N) is 2. The van der Waals surface area contributed by atoms with E-state index in [4.69, 9.17) is 0 Å². The minimum atomic E-state index is -4.11. The first kappa shape index (κ1) is 24.3. The zero-order chi connectivity index (χ0) is 25.2. The van der Waals surface area contributed by atoms with Gasteiger partial charge in [-0.15, -0.1) is 0 Å². The lowest BCUT2D eigenvalue weighted by Gasteiger charge is -2.14. The number of nitrogens with one attached hydrogen (secondary N) is 1. The Hall–Kier alpha value is -3.78. The van der Waals surface area contributed by atoms with Crippen molar-refractivity contribution in [2.75, 3.05) is 0 Å². The van der Waals surface area contributed by atoms with Crippen LogP contribution in [0.4, 0.5) is 0 Å². The average molecular weight is 490 g/mol. The summed E-state index contributed by atoms with van der Waals surface area (Å²) in [7, 11) is -4.11. The zero-order valence-corrected chi connectivity index (χ0v) is 20.7. The molecule has 8 heteroatoms. The summed E-state index contributed by atoms with van der Waals surface area (Å²) < 4.78 is 28.2. The van der Waals surface area contributed by atoms with E-state index in [-0.39, 0.29) is 33.3 Å². The number of fused-ring (bicyclic) bond motifs is 1. The Labute approximate surface area is 204 Å². The van der Waals surface area contributed by atoms with E-state index in [1.54, 1.807) is 31.2 Å². The molecule has 0 radical (unpaired) electrons. The largest absolute Gasteiger partial charge is 0.350 e. The number of benzene rings is 2. The van der Waals surface area contributed by atoms with E-state index in [2.05, 4.69) is 10.3 Å². The molecule has 0 bridgehead atoms. The summed E-state index contributed by atoms with van der Waals surface area (Å²) in [5.41, 5.74) is 3.34. The SMILES string of the molecule is CCc1ccc(S(=O)(=O)c2cn(CC(=O)NCc3ccc(C)cc3)c3nc(C)ccc3c2=O)cc1. The van der Waals surface area contributed by atoms with Crippen LogP contribution in [0, 0.1) is 13.8 Å². The third kappa shape index (κ3) is 5.17. The lowest BCUT2D eigenvalue weighted by molar-refractivity contribution is -0.121. The van der Waals surface area contributed by atoms with Crippen LogP contribution in [0.3, 0.4) is 0 Å². The van der Waals surface area contributed by atoms with E-state index < -0.39 is 15.3 Å². The van der Waals surface area contributed by atoms with E-state index in [0.717, 1.165) is 23.1 Å². The first-order valence-electron chi connectivity index (χ1n) is 11.4. The highest BCUT2D eigenvalue weighted by Gasteiger charge is 2.25. The topological polar surface area (TPSA) is 98.1 Å². The van der Waals surface area contributed by atoms with Gasteiger partial charge in [0.2, 0.25) is 21.2 Å². The molecule has 0 aliphatic heterocycles. The van der Waals surface area contributed by atoms with Crippen LogP contribution in [-0.2, 0) is 34.1 Å². The summed E-state index contributed by atoms with van der Waals surface area (Å²) in [6, 6.07) is 17.5. The van der Waals surface area contributed by atoms with E-state index in [1.165, 1.54) is 22.9 Å². The normalized spacial score (nSPS) is 11.5. The second-order valence-corrected chi connectivity index (χ2v) is 10.5. The number of carbonyl (C=O) groups excluding carboxylic acids is 1. The van der Waals surface area contributed by atoms with Crippen LogP contribution in [0.5, 0.6) is 0 Å². The van der Waals surface area contributed by atoms with E-state index in [1.807, 2.05) is 38.1 Å². The number of aromatic nitrogens is 2. The van der Waals surface area contributed by atoms with Crippen molar-refractivity contribution in [2.24, 2.45) is 0 Å². The molecule has 35 heavy (non-hydrogen) atoms. The first-order chi connectivity index (χ1) is 16.7. The summed E-state index contributed by atoms with van der Waals surface area (Å²) in [4.78, 5) is 30.1. The Morgan fingerprint density at radius 3 is 2.26 bits per heavy atom. The van der Waals surface area contributed by atoms with Crippen LogP contribution in [-0.4, -0.2) is 23.9 Å². The molecule has 0 fully saturated rings. The van der Waals surface area contributed by atoms with Crippen LogP contribution in [0.2, 0.25) is 0 Å². The molecule has 0 atom stereocenters. The van der Waals surface area contributed by atoms with Crippen molar-refractivity contribution in [1.82, 2.24) is 14.9 Å². The van der Waals surface area contributed by atoms with Crippen LogP contribution in [0.1, 0.15) is 29.3 Å². The molecule has 0 saturated heterocycles. The van der Waals surface area contributed by atoms with E-state index in [0.29, 0.717) is 12.2 Å². The van der Waals surface area contributed by atoms with E-state index >= 15 is 0 Å². The van der Waals surface area contributed by atoms with Gasteiger partial charge in [0.05, 0.1) is 10.3 Å². The van der Waals surface area contributed by atoms with Gasteiger partial charge in [-0.25, -0.2) is 13.4 Å². The number of amides is 1. The van der Waals surface area contributed by atoms with Crippen LogP contribution < -0.4 is 10.7 Å². The smallest absolute Gasteiger partial charge is 0.240 e. The summed E-state index contributed by atoms with van der Waals surface area (Å²) in [6.07, 6.45) is 2.00. The first-order valence-corrected chi connectivity index (χ1v) is 12.8. The van der Waals surface area contributed by atoms with Crippen molar-refractivity contribution in [3.63, 3.8) is 0 Å². The van der Waals surface area contributed by atoms with Gasteiger partial charge in [0.1, 0.15) is 17.1 Å². The highest BCUT2D eigenvalue weighted by Crippen LogP contribution is 2.21. The molecule has 0 saturated carbocycles. The lowest BCUT2D eigenvalue weighted by atomic mass is 10.1. The van der Waals surface area contributed by atoms with Crippen molar-refractivity contribution in [2.45, 2.75) is 50.1 Å². The number of aryl methyl sites for hydroxylation is 3. The maximum absolute atomic E-state index is 13.4. The lowest BCUT2D eigenvalue weighted by Crippen LogP contribution is -2.29. The van der Waals surface area contributed by atoms with Gasteiger partial charge in [-0.1, -0.05) is 48.9 Å². The molecule has 1 amide bonds. The molecule has 0 aliphatic rings. The summed E-state index contributed by atoms with van der Waals surface area (Å²) in [5.74, 6) is -0.325. The minimum absolute atomic E-state index is 0.0293. The van der Waals surface area contributed by atoms with Gasteiger partial charge in [-0.2, -0.15) is 0 Å². The van der Waals surface area contributed by atoms with Gasteiger partial charge in [0, 0.05) is 18.4 Å². The third-order valence-electron chi connectivity index (χ3n) is 5.88. The molecule has 1 N–H and O–H groups in total. The van der Waals surface area contributed by atoms with Gasteiger partial charge < -0.3 is 9.88 Å². The van der Waals surface area contributed by atoms with E-state index in [9.17, 15) is 18.0 Å². The molecule has 180 valence electrons. The fraction of sp³-hybridized carbons (Fsp3) is 0.222. The Morgan fingerprint density at radius 2 is 1.60 bits per heavy atom. The van der Waals surface area contributed by atoms with Gasteiger partial charge >= 0.3 is 0 Å². The molecule has 2 aromatic heterocycles. The Bertz CT molecular complexity index is 1560. The molecule has 2 aromatic carbocycles. The molecule has 0 unspecified atom stereocenters. The average Bonchev–Trinajstić information content (AvgIpc) is 2.85. The van der Waals surface area contributed by atoms with Gasteiger partial charge in [-0.3, -0.25) is 9.59 Å². The highest BCUT2D eigenvalue weighted by molar-refractivity contribution is 7.91. The molecular formula is C27H27N3O4S. The summed E-state index contributed by atoms with van der Waals surface area (Å²) in [5, 5.41) is 2.99. The Morgan fingerprint density at radius 1 is 0.943 bits per heavy atom. The molecule has 0 aliphatic carbocycles. The molecule has 4 aromatic rings. The van der Waals surface area contributed by atoms with Gasteiger partial charge in [0.25, 0.3) is 0 Å². The zero-order valence-electron chi connectivity index (χ0n) is 19.9. The monoisotopic (exact) mass is 489 g/mol. The molecule has 4 rings (SSSR count). The second kappa shape index (κ2) is 9.84. The summed E-state index contributed by atoms with van der Waals surface area (Å²) >= 11 is 0. The number of rotatable bonds is 7. The van der Waals surface area contributed by atoms with Crippen molar-refractivity contribution in [3.8, 4) is 0 Å². The fourth-order valence-electron chi connectivity index (χ4n) is 3.79. The van der Waals surface area contributed by atoms with Crippen molar-refractivity contribution < 1.29 is 13.2 Å². The standard InChI is InChI=1S/C27H27N3O4S/c1-4-20-10-12-22(13-11-20)35(33,34)24-16-30(27-23(26(24)32)14-7-19(3)29-27)17-25(31)28-15-21-8-5-18(2)6-9-21/h5-14,16H,4,15,17H2,1-3H3,(H,28,31). The van der Waals surface area contributed by atoms with Crippen LogP contribution >= 0.6 is 0 Å². The van der Waals surface area contributed by atoms with Crippen molar-refractivity contribution >= 4 is 26.8 Å². The predicted octanol–water partition coefficient (Wildman–Crippen LogP) is 3.72.